The molecular formula is C16H26N2. The molecule has 0 aliphatic carbocycles. The molecule has 0 aromatic heterocycles. The van der Waals surface area contributed by atoms with Gasteiger partial charge in [-0.25, -0.2) is 0 Å². The molecule has 1 aliphatic heterocycles. The summed E-state index contributed by atoms with van der Waals surface area (Å²) in [5, 5.41) is 0. The molecule has 0 amide bonds. The summed E-state index contributed by atoms with van der Waals surface area (Å²) in [6.07, 6.45) is 3.83. The van der Waals surface area contributed by atoms with E-state index in [1.807, 2.05) is 0 Å². The summed E-state index contributed by atoms with van der Waals surface area (Å²) < 4.78 is 0. The molecule has 0 saturated carbocycles. The number of hydrogen-bond acceptors (Lipinski definition) is 2. The minimum atomic E-state index is 0.546. The number of benzene rings is 1. The van der Waals surface area contributed by atoms with Crippen LogP contribution in [-0.4, -0.2) is 24.5 Å². The second kappa shape index (κ2) is 6.35. The summed E-state index contributed by atoms with van der Waals surface area (Å²) in [4.78, 5) is 2.61. The van der Waals surface area contributed by atoms with Crippen molar-refractivity contribution in [3.05, 3.63) is 35.4 Å². The van der Waals surface area contributed by atoms with Gasteiger partial charge in [0, 0.05) is 6.04 Å². The zero-order chi connectivity index (χ0) is 13.0. The smallest absolute Gasteiger partial charge is 0.0319 e. The van der Waals surface area contributed by atoms with Gasteiger partial charge in [-0.3, -0.25) is 4.90 Å². The number of likely N-dealkylation sites (tertiary alicyclic amines) is 1. The third-order valence-corrected chi connectivity index (χ3v) is 4.33. The van der Waals surface area contributed by atoms with E-state index in [2.05, 4.69) is 43.0 Å². The molecule has 1 atom stereocenters. The predicted molar refractivity (Wildman–Crippen MR) is 77.6 cm³/mol. The van der Waals surface area contributed by atoms with Gasteiger partial charge in [0.2, 0.25) is 0 Å². The van der Waals surface area contributed by atoms with Crippen LogP contribution in [0.5, 0.6) is 0 Å². The lowest BCUT2D eigenvalue weighted by Gasteiger charge is -2.36. The summed E-state index contributed by atoms with van der Waals surface area (Å²) in [6, 6.07) is 9.52. The zero-order valence-electron chi connectivity index (χ0n) is 11.7. The van der Waals surface area contributed by atoms with Gasteiger partial charge in [-0.05, 0) is 64.2 Å². The molecule has 1 aromatic carbocycles. The quantitative estimate of drug-likeness (QED) is 0.884. The predicted octanol–water partition coefficient (Wildman–Crippen LogP) is 3.12. The van der Waals surface area contributed by atoms with Crippen molar-refractivity contribution in [1.82, 2.24) is 4.90 Å². The van der Waals surface area contributed by atoms with Gasteiger partial charge in [-0.15, -0.1) is 0 Å². The van der Waals surface area contributed by atoms with Gasteiger partial charge in [0.1, 0.15) is 0 Å². The summed E-state index contributed by atoms with van der Waals surface area (Å²) in [5.41, 5.74) is 8.43. The van der Waals surface area contributed by atoms with Gasteiger partial charge >= 0.3 is 0 Å². The first-order valence-electron chi connectivity index (χ1n) is 7.21. The van der Waals surface area contributed by atoms with Gasteiger partial charge in [0.05, 0.1) is 0 Å². The Morgan fingerprint density at radius 1 is 1.22 bits per heavy atom. The normalized spacial score (nSPS) is 19.9. The van der Waals surface area contributed by atoms with Crippen LogP contribution in [0.1, 0.15) is 43.4 Å². The van der Waals surface area contributed by atoms with Crippen molar-refractivity contribution >= 4 is 0 Å². The Kier molecular flexibility index (Phi) is 4.79. The van der Waals surface area contributed by atoms with E-state index < -0.39 is 0 Å². The molecule has 18 heavy (non-hydrogen) atoms. The second-order valence-corrected chi connectivity index (χ2v) is 5.64. The maximum atomic E-state index is 5.65. The van der Waals surface area contributed by atoms with Crippen LogP contribution < -0.4 is 5.73 Å². The third-order valence-electron chi connectivity index (χ3n) is 4.33. The molecule has 2 N–H and O–H groups in total. The minimum absolute atomic E-state index is 0.546. The van der Waals surface area contributed by atoms with Crippen LogP contribution in [0.3, 0.4) is 0 Å². The highest BCUT2D eigenvalue weighted by Gasteiger charge is 2.22. The first-order chi connectivity index (χ1) is 8.70. The van der Waals surface area contributed by atoms with Gasteiger partial charge in [-0.2, -0.15) is 0 Å². The lowest BCUT2D eigenvalue weighted by atomic mass is 9.92. The number of nitrogens with two attached hydrogens (primary N) is 1. The van der Waals surface area contributed by atoms with Crippen LogP contribution >= 0.6 is 0 Å². The highest BCUT2D eigenvalue weighted by atomic mass is 15.2. The number of rotatable bonds is 4. The van der Waals surface area contributed by atoms with E-state index in [9.17, 15) is 0 Å². The van der Waals surface area contributed by atoms with Crippen molar-refractivity contribution in [3.63, 3.8) is 0 Å². The topological polar surface area (TPSA) is 29.3 Å². The van der Waals surface area contributed by atoms with E-state index in [1.165, 1.54) is 43.5 Å². The molecule has 1 aromatic rings. The molecule has 1 aliphatic rings. The SMILES string of the molecule is Cc1ccc(C(C)N2CCC(CCN)CC2)cc1. The summed E-state index contributed by atoms with van der Waals surface area (Å²) in [5.74, 6) is 0.858. The van der Waals surface area contributed by atoms with Gasteiger partial charge in [0.15, 0.2) is 0 Å². The summed E-state index contributed by atoms with van der Waals surface area (Å²) in [7, 11) is 0. The molecule has 1 unspecified atom stereocenters. The van der Waals surface area contributed by atoms with Gasteiger partial charge in [0.25, 0.3) is 0 Å². The molecule has 1 fully saturated rings. The highest BCUT2D eigenvalue weighted by Crippen LogP contribution is 2.27. The first-order valence-corrected chi connectivity index (χ1v) is 7.21. The largest absolute Gasteiger partial charge is 0.330 e. The Balaban J connectivity index is 1.91. The molecule has 0 spiro atoms. The average molecular weight is 246 g/mol. The Labute approximate surface area is 111 Å². The Bertz CT molecular complexity index is 350. The lowest BCUT2D eigenvalue weighted by Crippen LogP contribution is -2.36. The molecule has 1 saturated heterocycles. The minimum Gasteiger partial charge on any atom is -0.330 e. The van der Waals surface area contributed by atoms with Crippen molar-refractivity contribution in [2.45, 2.75) is 39.2 Å². The molecule has 0 radical (unpaired) electrons. The van der Waals surface area contributed by atoms with E-state index in [0.717, 1.165) is 12.5 Å². The van der Waals surface area contributed by atoms with Crippen LogP contribution in [0, 0.1) is 12.8 Å². The summed E-state index contributed by atoms with van der Waals surface area (Å²) >= 11 is 0. The van der Waals surface area contributed by atoms with E-state index in [-0.39, 0.29) is 0 Å². The van der Waals surface area contributed by atoms with Crippen molar-refractivity contribution in [3.8, 4) is 0 Å². The molecule has 1 heterocycles. The fourth-order valence-corrected chi connectivity index (χ4v) is 2.92. The van der Waals surface area contributed by atoms with Gasteiger partial charge in [-0.1, -0.05) is 29.8 Å². The van der Waals surface area contributed by atoms with E-state index in [4.69, 9.17) is 5.73 Å². The second-order valence-electron chi connectivity index (χ2n) is 5.64. The Morgan fingerprint density at radius 3 is 2.39 bits per heavy atom. The molecule has 0 bridgehead atoms. The van der Waals surface area contributed by atoms with E-state index in [0.29, 0.717) is 6.04 Å². The van der Waals surface area contributed by atoms with Crippen LogP contribution in [0.2, 0.25) is 0 Å². The third kappa shape index (κ3) is 3.33. The Hall–Kier alpha value is -0.860. The average Bonchev–Trinajstić information content (AvgIpc) is 2.40. The number of hydrogen-bond donors (Lipinski definition) is 1. The number of nitrogens with zero attached hydrogens (tertiary/aromatic N) is 1. The number of piperidine rings is 1. The molecule has 2 rings (SSSR count). The molecule has 2 nitrogen and oxygen atoms in total. The standard InChI is InChI=1S/C16H26N2/c1-13-3-5-16(6-4-13)14(2)18-11-8-15(7-10-17)9-12-18/h3-6,14-15H,7-12,17H2,1-2H3. The Morgan fingerprint density at radius 2 is 1.83 bits per heavy atom. The van der Waals surface area contributed by atoms with E-state index >= 15 is 0 Å². The molecule has 100 valence electrons. The van der Waals surface area contributed by atoms with Crippen molar-refractivity contribution < 1.29 is 0 Å². The lowest BCUT2D eigenvalue weighted by molar-refractivity contribution is 0.138. The van der Waals surface area contributed by atoms with Crippen molar-refractivity contribution in [1.29, 1.82) is 0 Å². The van der Waals surface area contributed by atoms with Crippen LogP contribution in [0.15, 0.2) is 24.3 Å². The maximum absolute atomic E-state index is 5.65. The monoisotopic (exact) mass is 246 g/mol. The fourth-order valence-electron chi connectivity index (χ4n) is 2.92. The van der Waals surface area contributed by atoms with Crippen LogP contribution in [0.25, 0.3) is 0 Å². The number of aryl methyl sites for hydroxylation is 1. The van der Waals surface area contributed by atoms with Crippen LogP contribution in [-0.2, 0) is 0 Å². The van der Waals surface area contributed by atoms with Crippen molar-refractivity contribution in [2.24, 2.45) is 11.7 Å². The molecular weight excluding hydrogens is 220 g/mol. The van der Waals surface area contributed by atoms with Crippen molar-refractivity contribution in [2.75, 3.05) is 19.6 Å². The zero-order valence-corrected chi connectivity index (χ0v) is 11.7. The summed E-state index contributed by atoms with van der Waals surface area (Å²) in [6.45, 7) is 7.76. The highest BCUT2D eigenvalue weighted by molar-refractivity contribution is 5.23. The first kappa shape index (κ1) is 13.6. The maximum Gasteiger partial charge on any atom is 0.0319 e. The van der Waals surface area contributed by atoms with Crippen LogP contribution in [0.4, 0.5) is 0 Å². The molecule has 2 heteroatoms. The van der Waals surface area contributed by atoms with Gasteiger partial charge < -0.3 is 5.73 Å². The van der Waals surface area contributed by atoms with E-state index in [1.54, 1.807) is 0 Å². The fraction of sp³-hybridized carbons (Fsp3) is 0.625.